The van der Waals surface area contributed by atoms with Gasteiger partial charge in [-0.15, -0.1) is 0 Å². The van der Waals surface area contributed by atoms with Crippen molar-refractivity contribution >= 4 is 11.8 Å². The van der Waals surface area contributed by atoms with Crippen molar-refractivity contribution in [3.63, 3.8) is 0 Å². The monoisotopic (exact) mass is 216 g/mol. The number of hydrogen-bond acceptors (Lipinski definition) is 3. The molecule has 84 valence electrons. The molecule has 1 rings (SSSR count). The van der Waals surface area contributed by atoms with E-state index < -0.39 is 0 Å². The average molecular weight is 216 g/mol. The van der Waals surface area contributed by atoms with Gasteiger partial charge in [0.05, 0.1) is 0 Å². The van der Waals surface area contributed by atoms with Crippen LogP contribution in [-0.4, -0.2) is 43.1 Å². The van der Waals surface area contributed by atoms with Gasteiger partial charge in [-0.05, 0) is 44.2 Å². The van der Waals surface area contributed by atoms with Crippen LogP contribution in [0.15, 0.2) is 0 Å². The van der Waals surface area contributed by atoms with Crippen LogP contribution in [0.1, 0.15) is 25.7 Å². The lowest BCUT2D eigenvalue weighted by molar-refractivity contribution is 0.162. The van der Waals surface area contributed by atoms with Crippen molar-refractivity contribution in [1.82, 2.24) is 4.90 Å². The predicted molar refractivity (Wildman–Crippen MR) is 65.8 cm³/mol. The maximum atomic E-state index is 5.80. The normalized spacial score (nSPS) is 19.7. The van der Waals surface area contributed by atoms with Crippen LogP contribution in [0.3, 0.4) is 0 Å². The van der Waals surface area contributed by atoms with Gasteiger partial charge in [-0.2, -0.15) is 11.8 Å². The van der Waals surface area contributed by atoms with E-state index in [-0.39, 0.29) is 0 Å². The third kappa shape index (κ3) is 3.79. The van der Waals surface area contributed by atoms with Gasteiger partial charge in [-0.1, -0.05) is 6.42 Å². The van der Waals surface area contributed by atoms with Gasteiger partial charge >= 0.3 is 0 Å². The summed E-state index contributed by atoms with van der Waals surface area (Å²) < 4.78 is 0. The van der Waals surface area contributed by atoms with Crippen molar-refractivity contribution in [2.45, 2.75) is 31.7 Å². The minimum atomic E-state index is 0.600. The number of nitrogens with zero attached hydrogens (tertiary/aromatic N) is 1. The smallest absolute Gasteiger partial charge is 0.0223 e. The van der Waals surface area contributed by atoms with Crippen LogP contribution in [-0.2, 0) is 0 Å². The summed E-state index contributed by atoms with van der Waals surface area (Å²) in [5.74, 6) is 2.19. The molecule has 0 saturated heterocycles. The van der Waals surface area contributed by atoms with E-state index >= 15 is 0 Å². The Bertz CT molecular complexity index is 148. The minimum Gasteiger partial charge on any atom is -0.329 e. The molecular formula is C11H24N2S. The molecule has 1 aliphatic carbocycles. The summed E-state index contributed by atoms with van der Waals surface area (Å²) in [6.45, 7) is 2.07. The molecule has 1 saturated carbocycles. The highest BCUT2D eigenvalue weighted by atomic mass is 32.2. The highest BCUT2D eigenvalue weighted by molar-refractivity contribution is 7.98. The molecule has 0 spiro atoms. The molecule has 0 amide bonds. The molecule has 1 fully saturated rings. The first-order chi connectivity index (χ1) is 6.77. The molecule has 1 aliphatic rings. The quantitative estimate of drug-likeness (QED) is 0.703. The van der Waals surface area contributed by atoms with Crippen LogP contribution in [0, 0.1) is 5.92 Å². The largest absolute Gasteiger partial charge is 0.329 e. The Labute approximate surface area is 92.6 Å². The summed E-state index contributed by atoms with van der Waals surface area (Å²) >= 11 is 1.92. The van der Waals surface area contributed by atoms with Crippen LogP contribution >= 0.6 is 11.8 Å². The van der Waals surface area contributed by atoms with E-state index in [1.807, 2.05) is 11.8 Å². The topological polar surface area (TPSA) is 29.3 Å². The predicted octanol–water partition coefficient (Wildman–Crippen LogP) is 1.80. The van der Waals surface area contributed by atoms with Crippen molar-refractivity contribution in [2.75, 3.05) is 32.1 Å². The summed E-state index contributed by atoms with van der Waals surface area (Å²) in [4.78, 5) is 2.47. The van der Waals surface area contributed by atoms with Crippen LogP contribution in [0.4, 0.5) is 0 Å². The Morgan fingerprint density at radius 3 is 2.64 bits per heavy atom. The Hall–Kier alpha value is 0.270. The number of nitrogens with two attached hydrogens (primary N) is 1. The lowest BCUT2D eigenvalue weighted by Gasteiger charge is -2.34. The van der Waals surface area contributed by atoms with Crippen LogP contribution in [0.2, 0.25) is 0 Å². The van der Waals surface area contributed by atoms with Crippen LogP contribution in [0.5, 0.6) is 0 Å². The number of hydrogen-bond donors (Lipinski definition) is 1. The molecule has 2 N–H and O–H groups in total. The molecule has 0 heterocycles. The van der Waals surface area contributed by atoms with Gasteiger partial charge in [0.25, 0.3) is 0 Å². The molecule has 3 heteroatoms. The molecule has 1 atom stereocenters. The van der Waals surface area contributed by atoms with Crippen molar-refractivity contribution < 1.29 is 0 Å². The molecule has 14 heavy (non-hydrogen) atoms. The molecule has 0 bridgehead atoms. The molecule has 1 unspecified atom stereocenters. The fourth-order valence-corrected chi connectivity index (χ4v) is 2.51. The first kappa shape index (κ1) is 12.3. The minimum absolute atomic E-state index is 0.600. The SMILES string of the molecule is CSCCC(CN)N(C)CC1CCC1. The van der Waals surface area contributed by atoms with Gasteiger partial charge in [0.2, 0.25) is 0 Å². The summed E-state index contributed by atoms with van der Waals surface area (Å²) in [5, 5.41) is 0. The number of likely N-dealkylation sites (N-methyl/N-ethyl adjacent to an activating group) is 1. The lowest BCUT2D eigenvalue weighted by atomic mass is 9.85. The number of rotatable bonds is 7. The van der Waals surface area contributed by atoms with Crippen molar-refractivity contribution in [2.24, 2.45) is 11.7 Å². The van der Waals surface area contributed by atoms with Gasteiger partial charge in [0.1, 0.15) is 0 Å². The highest BCUT2D eigenvalue weighted by Crippen LogP contribution is 2.27. The molecule has 0 aliphatic heterocycles. The van der Waals surface area contributed by atoms with E-state index in [0.717, 1.165) is 12.5 Å². The zero-order chi connectivity index (χ0) is 10.4. The van der Waals surface area contributed by atoms with Gasteiger partial charge in [-0.3, -0.25) is 0 Å². The Morgan fingerprint density at radius 1 is 1.50 bits per heavy atom. The number of thioether (sulfide) groups is 1. The second-order valence-electron chi connectivity index (χ2n) is 4.41. The molecule has 0 aromatic rings. The van der Waals surface area contributed by atoms with Crippen molar-refractivity contribution in [3.05, 3.63) is 0 Å². The summed E-state index contributed by atoms with van der Waals surface area (Å²) in [5.41, 5.74) is 5.80. The maximum absolute atomic E-state index is 5.80. The third-order valence-electron chi connectivity index (χ3n) is 3.32. The molecule has 0 aromatic carbocycles. The standard InChI is InChI=1S/C11H24N2S/c1-13(9-10-4-3-5-10)11(8-12)6-7-14-2/h10-11H,3-9,12H2,1-2H3. The fourth-order valence-electron chi connectivity index (χ4n) is 2.00. The average Bonchev–Trinajstić information content (AvgIpc) is 2.13. The van der Waals surface area contributed by atoms with E-state index in [9.17, 15) is 0 Å². The van der Waals surface area contributed by atoms with Gasteiger partial charge in [0.15, 0.2) is 0 Å². The van der Waals surface area contributed by atoms with Crippen LogP contribution < -0.4 is 5.73 Å². The first-order valence-electron chi connectivity index (χ1n) is 5.67. The lowest BCUT2D eigenvalue weighted by Crippen LogP contribution is -2.42. The fraction of sp³-hybridized carbons (Fsp3) is 1.00. The van der Waals surface area contributed by atoms with E-state index in [2.05, 4.69) is 18.2 Å². The molecule has 0 aromatic heterocycles. The Morgan fingerprint density at radius 2 is 2.21 bits per heavy atom. The summed E-state index contributed by atoms with van der Waals surface area (Å²) in [6, 6.07) is 0.600. The first-order valence-corrected chi connectivity index (χ1v) is 7.06. The second kappa shape index (κ2) is 6.70. The van der Waals surface area contributed by atoms with E-state index in [1.54, 1.807) is 0 Å². The highest BCUT2D eigenvalue weighted by Gasteiger charge is 2.22. The molecule has 0 radical (unpaired) electrons. The van der Waals surface area contributed by atoms with Crippen molar-refractivity contribution in [1.29, 1.82) is 0 Å². The summed E-state index contributed by atoms with van der Waals surface area (Å²) in [6.07, 6.45) is 7.71. The third-order valence-corrected chi connectivity index (χ3v) is 3.97. The van der Waals surface area contributed by atoms with E-state index in [0.29, 0.717) is 6.04 Å². The van der Waals surface area contributed by atoms with Gasteiger partial charge < -0.3 is 10.6 Å². The zero-order valence-electron chi connectivity index (χ0n) is 9.54. The van der Waals surface area contributed by atoms with Crippen molar-refractivity contribution in [3.8, 4) is 0 Å². The Kier molecular flexibility index (Phi) is 5.90. The molecule has 2 nitrogen and oxygen atoms in total. The zero-order valence-corrected chi connectivity index (χ0v) is 10.4. The van der Waals surface area contributed by atoms with Crippen LogP contribution in [0.25, 0.3) is 0 Å². The Balaban J connectivity index is 2.19. The second-order valence-corrected chi connectivity index (χ2v) is 5.39. The summed E-state index contributed by atoms with van der Waals surface area (Å²) in [7, 11) is 2.23. The maximum Gasteiger partial charge on any atom is 0.0223 e. The van der Waals surface area contributed by atoms with E-state index in [1.165, 1.54) is 38.0 Å². The van der Waals surface area contributed by atoms with Gasteiger partial charge in [-0.25, -0.2) is 0 Å². The molecular weight excluding hydrogens is 192 g/mol. The van der Waals surface area contributed by atoms with Gasteiger partial charge in [0, 0.05) is 19.1 Å². The van der Waals surface area contributed by atoms with E-state index in [4.69, 9.17) is 5.73 Å².